The number of unbranched alkanes of at least 4 members (excludes halogenated alkanes) is 2. The summed E-state index contributed by atoms with van der Waals surface area (Å²) in [6.45, 7) is 2.99. The monoisotopic (exact) mass is 287 g/mol. The molecule has 21 heavy (non-hydrogen) atoms. The molecule has 1 heterocycles. The lowest BCUT2D eigenvalue weighted by molar-refractivity contribution is -0.678. The number of carboxylic acids is 1. The molecule has 0 radical (unpaired) electrons. The van der Waals surface area contributed by atoms with Gasteiger partial charge >= 0.3 is 5.97 Å². The van der Waals surface area contributed by atoms with Crippen molar-refractivity contribution in [2.45, 2.75) is 39.2 Å². The van der Waals surface area contributed by atoms with E-state index in [1.165, 1.54) is 25.1 Å². The number of aromatic carboxylic acids is 1. The van der Waals surface area contributed by atoms with Crippen LogP contribution >= 0.6 is 0 Å². The van der Waals surface area contributed by atoms with Gasteiger partial charge in [0.15, 0.2) is 0 Å². The maximum Gasteiger partial charge on any atom is 0.335 e. The Balaban J connectivity index is 2.10. The Morgan fingerprint density at radius 2 is 1.95 bits per heavy atom. The van der Waals surface area contributed by atoms with E-state index < -0.39 is 5.97 Å². The number of carbonyl (C=O) groups is 1. The van der Waals surface area contributed by atoms with Crippen molar-refractivity contribution in [3.63, 3.8) is 0 Å². The van der Waals surface area contributed by atoms with Gasteiger partial charge in [-0.1, -0.05) is 31.9 Å². The van der Waals surface area contributed by atoms with Crippen LogP contribution in [0, 0.1) is 0 Å². The van der Waals surface area contributed by atoms with Crippen LogP contribution in [-0.2, 0) is 20.0 Å². The third kappa shape index (κ3) is 3.94. The van der Waals surface area contributed by atoms with Gasteiger partial charge in [-0.2, -0.15) is 0 Å². The number of nitrogens with zero attached hydrogens (tertiary/aromatic N) is 2. The van der Waals surface area contributed by atoms with Crippen LogP contribution in [0.4, 0.5) is 0 Å². The summed E-state index contributed by atoms with van der Waals surface area (Å²) in [5.74, 6) is 0.430. The first-order valence-corrected chi connectivity index (χ1v) is 7.47. The Hall–Kier alpha value is -2.10. The summed E-state index contributed by atoms with van der Waals surface area (Å²) in [5, 5.41) is 8.92. The molecular formula is C17H23N2O2+. The Bertz CT molecular complexity index is 600. The van der Waals surface area contributed by atoms with Crippen molar-refractivity contribution in [1.29, 1.82) is 0 Å². The third-order valence-corrected chi connectivity index (χ3v) is 3.77. The molecule has 2 aromatic rings. The molecule has 112 valence electrons. The molecule has 0 atom stereocenters. The first-order valence-electron chi connectivity index (χ1n) is 7.47. The number of aromatic nitrogens is 2. The lowest BCUT2D eigenvalue weighted by Crippen LogP contribution is -2.32. The maximum atomic E-state index is 10.9. The standard InChI is InChI=1S/C17H22N2O2/c1-3-4-5-6-16-18(2)11-12-19(16)13-14-7-9-15(10-8-14)17(20)21/h7-12H,3-6,13H2,1-2H3/p+1. The zero-order valence-electron chi connectivity index (χ0n) is 12.7. The van der Waals surface area contributed by atoms with E-state index in [4.69, 9.17) is 5.11 Å². The van der Waals surface area contributed by atoms with Crippen molar-refractivity contribution in [3.8, 4) is 0 Å². The fourth-order valence-corrected chi connectivity index (χ4v) is 2.50. The van der Waals surface area contributed by atoms with Crippen molar-refractivity contribution in [3.05, 3.63) is 53.6 Å². The van der Waals surface area contributed by atoms with Gasteiger partial charge in [0, 0.05) is 6.42 Å². The van der Waals surface area contributed by atoms with Crippen LogP contribution < -0.4 is 4.57 Å². The predicted octanol–water partition coefficient (Wildman–Crippen LogP) is 2.79. The maximum absolute atomic E-state index is 10.9. The number of hydrogen-bond donors (Lipinski definition) is 1. The molecule has 4 heteroatoms. The lowest BCUT2D eigenvalue weighted by atomic mass is 10.1. The third-order valence-electron chi connectivity index (χ3n) is 3.77. The van der Waals surface area contributed by atoms with Gasteiger partial charge < -0.3 is 5.11 Å². The van der Waals surface area contributed by atoms with Crippen LogP contribution in [0.25, 0.3) is 0 Å². The molecule has 0 aliphatic rings. The number of carboxylic acid groups (broad SMARTS) is 1. The molecule has 1 N–H and O–H groups in total. The summed E-state index contributed by atoms with van der Waals surface area (Å²) in [6, 6.07) is 7.11. The van der Waals surface area contributed by atoms with Gasteiger partial charge in [0.25, 0.3) is 5.82 Å². The quantitative estimate of drug-likeness (QED) is 0.629. The van der Waals surface area contributed by atoms with Crippen LogP contribution in [0.5, 0.6) is 0 Å². The minimum absolute atomic E-state index is 0.333. The highest BCUT2D eigenvalue weighted by Gasteiger charge is 2.14. The van der Waals surface area contributed by atoms with E-state index in [1.807, 2.05) is 12.1 Å². The topological polar surface area (TPSA) is 46.1 Å². The predicted molar refractivity (Wildman–Crippen MR) is 81.3 cm³/mol. The first-order chi connectivity index (χ1) is 10.1. The summed E-state index contributed by atoms with van der Waals surface area (Å²) in [5.41, 5.74) is 1.45. The normalized spacial score (nSPS) is 10.8. The summed E-state index contributed by atoms with van der Waals surface area (Å²) in [4.78, 5) is 10.9. The fraction of sp³-hybridized carbons (Fsp3) is 0.412. The van der Waals surface area contributed by atoms with Crippen LogP contribution in [0.15, 0.2) is 36.7 Å². The summed E-state index contributed by atoms with van der Waals surface area (Å²) in [6.07, 6.45) is 8.91. The average molecular weight is 287 g/mol. The zero-order chi connectivity index (χ0) is 15.2. The largest absolute Gasteiger partial charge is 0.478 e. The highest BCUT2D eigenvalue weighted by Crippen LogP contribution is 2.09. The van der Waals surface area contributed by atoms with Crippen molar-refractivity contribution >= 4 is 5.97 Å². The molecule has 1 aromatic heterocycles. The Kier molecular flexibility index (Phi) is 5.14. The average Bonchev–Trinajstić information content (AvgIpc) is 2.81. The molecule has 1 aromatic carbocycles. The van der Waals surface area contributed by atoms with Gasteiger partial charge in [-0.15, -0.1) is 0 Å². The number of imidazole rings is 1. The molecule has 0 saturated heterocycles. The van der Waals surface area contributed by atoms with E-state index in [9.17, 15) is 4.79 Å². The Morgan fingerprint density at radius 3 is 2.57 bits per heavy atom. The second-order valence-electron chi connectivity index (χ2n) is 5.41. The zero-order valence-corrected chi connectivity index (χ0v) is 12.7. The minimum atomic E-state index is -0.880. The van der Waals surface area contributed by atoms with Crippen molar-refractivity contribution in [1.82, 2.24) is 4.57 Å². The summed E-state index contributed by atoms with van der Waals surface area (Å²) < 4.78 is 4.41. The molecule has 0 unspecified atom stereocenters. The fourth-order valence-electron chi connectivity index (χ4n) is 2.50. The molecule has 0 amide bonds. The summed E-state index contributed by atoms with van der Waals surface area (Å²) in [7, 11) is 2.07. The van der Waals surface area contributed by atoms with E-state index in [1.54, 1.807) is 12.1 Å². The van der Waals surface area contributed by atoms with E-state index in [0.29, 0.717) is 5.56 Å². The van der Waals surface area contributed by atoms with Gasteiger partial charge in [0.2, 0.25) is 0 Å². The van der Waals surface area contributed by atoms with E-state index in [0.717, 1.165) is 18.5 Å². The summed E-state index contributed by atoms with van der Waals surface area (Å²) >= 11 is 0. The van der Waals surface area contributed by atoms with E-state index >= 15 is 0 Å². The van der Waals surface area contributed by atoms with Crippen LogP contribution in [0.1, 0.15) is 47.9 Å². The molecule has 2 rings (SSSR count). The molecule has 4 nitrogen and oxygen atoms in total. The first kappa shape index (κ1) is 15.3. The van der Waals surface area contributed by atoms with Crippen LogP contribution in [0.3, 0.4) is 0 Å². The van der Waals surface area contributed by atoms with Gasteiger partial charge in [-0.25, -0.2) is 13.9 Å². The molecular weight excluding hydrogens is 264 g/mol. The number of aryl methyl sites for hydroxylation is 1. The molecule has 0 bridgehead atoms. The second-order valence-corrected chi connectivity index (χ2v) is 5.41. The number of rotatable bonds is 7. The Morgan fingerprint density at radius 1 is 1.24 bits per heavy atom. The second kappa shape index (κ2) is 7.07. The van der Waals surface area contributed by atoms with E-state index in [-0.39, 0.29) is 0 Å². The number of hydrogen-bond acceptors (Lipinski definition) is 1. The van der Waals surface area contributed by atoms with E-state index in [2.05, 4.69) is 35.5 Å². The van der Waals surface area contributed by atoms with Crippen LogP contribution in [-0.4, -0.2) is 15.6 Å². The highest BCUT2D eigenvalue weighted by atomic mass is 16.4. The smallest absolute Gasteiger partial charge is 0.335 e. The molecule has 0 saturated carbocycles. The highest BCUT2D eigenvalue weighted by molar-refractivity contribution is 5.87. The minimum Gasteiger partial charge on any atom is -0.478 e. The van der Waals surface area contributed by atoms with Gasteiger partial charge in [0.05, 0.1) is 12.6 Å². The molecule has 0 spiro atoms. The molecule has 0 aliphatic carbocycles. The van der Waals surface area contributed by atoms with Crippen LogP contribution in [0.2, 0.25) is 0 Å². The van der Waals surface area contributed by atoms with Crippen molar-refractivity contribution < 1.29 is 14.5 Å². The van der Waals surface area contributed by atoms with Gasteiger partial charge in [-0.05, 0) is 24.1 Å². The van der Waals surface area contributed by atoms with Gasteiger partial charge in [0.1, 0.15) is 18.9 Å². The van der Waals surface area contributed by atoms with Crippen molar-refractivity contribution in [2.24, 2.45) is 7.05 Å². The molecule has 0 fully saturated rings. The SMILES string of the molecule is CCCCCc1n(Cc2ccc(C(=O)O)cc2)cc[n+]1C. The Labute approximate surface area is 125 Å². The molecule has 0 aliphatic heterocycles. The van der Waals surface area contributed by atoms with Crippen molar-refractivity contribution in [2.75, 3.05) is 0 Å². The van der Waals surface area contributed by atoms with Gasteiger partial charge in [-0.3, -0.25) is 0 Å². The number of benzene rings is 1. The lowest BCUT2D eigenvalue weighted by Gasteiger charge is -2.04.